The Morgan fingerprint density at radius 2 is 1.83 bits per heavy atom. The summed E-state index contributed by atoms with van der Waals surface area (Å²) in [4.78, 5) is 41.1. The first-order chi connectivity index (χ1) is 16.7. The SMILES string of the molecule is CCOC(=O)/C(C)=C/c1c(Cl)cc(C(=O)Nc2nc(-c3cccc(C(C)=O)c3OC)cs2)cc1Cl. The molecule has 0 atom stereocenters. The van der Waals surface area contributed by atoms with Crippen molar-refractivity contribution in [2.75, 3.05) is 19.0 Å². The Labute approximate surface area is 216 Å². The molecule has 1 aromatic heterocycles. The molecule has 0 aliphatic carbocycles. The molecule has 3 aromatic rings. The van der Waals surface area contributed by atoms with E-state index in [0.29, 0.717) is 38.8 Å². The highest BCUT2D eigenvalue weighted by Crippen LogP contribution is 2.35. The Kier molecular flexibility index (Phi) is 8.67. The van der Waals surface area contributed by atoms with Crippen LogP contribution in [0.25, 0.3) is 17.3 Å². The van der Waals surface area contributed by atoms with Crippen molar-refractivity contribution in [2.24, 2.45) is 0 Å². The first-order valence-electron chi connectivity index (χ1n) is 10.5. The molecule has 0 spiro atoms. The molecule has 35 heavy (non-hydrogen) atoms. The average molecular weight is 533 g/mol. The van der Waals surface area contributed by atoms with Gasteiger partial charge in [0.2, 0.25) is 0 Å². The van der Waals surface area contributed by atoms with Gasteiger partial charge in [-0.1, -0.05) is 29.3 Å². The number of nitrogens with zero attached hydrogens (tertiary/aromatic N) is 1. The second-order valence-electron chi connectivity index (χ2n) is 7.34. The number of hydrogen-bond donors (Lipinski definition) is 1. The van der Waals surface area contributed by atoms with Gasteiger partial charge in [-0.05, 0) is 51.1 Å². The van der Waals surface area contributed by atoms with Crippen molar-refractivity contribution in [3.63, 3.8) is 0 Å². The average Bonchev–Trinajstić information content (AvgIpc) is 3.28. The van der Waals surface area contributed by atoms with Crippen LogP contribution in [0.2, 0.25) is 10.0 Å². The van der Waals surface area contributed by atoms with Crippen molar-refractivity contribution in [3.05, 3.63) is 68.0 Å². The van der Waals surface area contributed by atoms with Gasteiger partial charge in [-0.25, -0.2) is 9.78 Å². The maximum atomic E-state index is 12.8. The lowest BCUT2D eigenvalue weighted by Crippen LogP contribution is -2.12. The monoisotopic (exact) mass is 532 g/mol. The number of rotatable bonds is 8. The Morgan fingerprint density at radius 1 is 1.14 bits per heavy atom. The fourth-order valence-corrected chi connectivity index (χ4v) is 4.54. The largest absolute Gasteiger partial charge is 0.495 e. The van der Waals surface area contributed by atoms with Crippen molar-refractivity contribution < 1.29 is 23.9 Å². The van der Waals surface area contributed by atoms with Crippen LogP contribution < -0.4 is 10.1 Å². The van der Waals surface area contributed by atoms with Crippen LogP contribution in [-0.4, -0.2) is 36.4 Å². The molecule has 1 N–H and O–H groups in total. The maximum Gasteiger partial charge on any atom is 0.333 e. The summed E-state index contributed by atoms with van der Waals surface area (Å²) in [6.45, 7) is 5.01. The number of amides is 1. The van der Waals surface area contributed by atoms with Gasteiger partial charge in [0, 0.05) is 27.6 Å². The fourth-order valence-electron chi connectivity index (χ4n) is 3.23. The topological polar surface area (TPSA) is 94.6 Å². The van der Waals surface area contributed by atoms with Crippen LogP contribution in [0.1, 0.15) is 47.1 Å². The molecule has 0 bridgehead atoms. The number of ketones is 1. The third-order valence-electron chi connectivity index (χ3n) is 4.90. The summed E-state index contributed by atoms with van der Waals surface area (Å²) in [5.41, 5.74) is 2.59. The van der Waals surface area contributed by atoms with Crippen LogP contribution in [0.15, 0.2) is 41.3 Å². The van der Waals surface area contributed by atoms with E-state index in [0.717, 1.165) is 0 Å². The van der Waals surface area contributed by atoms with E-state index in [9.17, 15) is 14.4 Å². The highest BCUT2D eigenvalue weighted by molar-refractivity contribution is 7.14. The smallest absolute Gasteiger partial charge is 0.333 e. The highest BCUT2D eigenvalue weighted by atomic mass is 35.5. The molecule has 1 amide bonds. The third kappa shape index (κ3) is 6.08. The molecule has 0 aliphatic rings. The molecule has 0 fully saturated rings. The molecule has 7 nitrogen and oxygen atoms in total. The lowest BCUT2D eigenvalue weighted by atomic mass is 10.0. The molecule has 182 valence electrons. The molecule has 3 rings (SSSR count). The van der Waals surface area contributed by atoms with E-state index in [4.69, 9.17) is 32.7 Å². The van der Waals surface area contributed by atoms with E-state index < -0.39 is 11.9 Å². The van der Waals surface area contributed by atoms with E-state index >= 15 is 0 Å². The van der Waals surface area contributed by atoms with Gasteiger partial charge < -0.3 is 9.47 Å². The minimum absolute atomic E-state index is 0.128. The number of carbonyl (C=O) groups excluding carboxylic acids is 3. The van der Waals surface area contributed by atoms with Crippen LogP contribution in [-0.2, 0) is 9.53 Å². The van der Waals surface area contributed by atoms with Crippen LogP contribution in [0.5, 0.6) is 5.75 Å². The van der Waals surface area contributed by atoms with Gasteiger partial charge in [-0.2, -0.15) is 0 Å². The quantitative estimate of drug-likeness (QED) is 0.201. The maximum absolute atomic E-state index is 12.8. The summed E-state index contributed by atoms with van der Waals surface area (Å²) in [6, 6.07) is 8.13. The summed E-state index contributed by atoms with van der Waals surface area (Å²) >= 11 is 13.9. The third-order valence-corrected chi connectivity index (χ3v) is 6.28. The van der Waals surface area contributed by atoms with Crippen LogP contribution in [0.3, 0.4) is 0 Å². The van der Waals surface area contributed by atoms with Crippen LogP contribution >= 0.6 is 34.5 Å². The number of aromatic nitrogens is 1. The lowest BCUT2D eigenvalue weighted by molar-refractivity contribution is -0.138. The number of Topliss-reactive ketones (excluding diaryl/α,β-unsaturated/α-hetero) is 1. The van der Waals surface area contributed by atoms with Gasteiger partial charge in [-0.15, -0.1) is 11.3 Å². The van der Waals surface area contributed by atoms with Crippen molar-refractivity contribution in [3.8, 4) is 17.0 Å². The number of nitrogens with one attached hydrogen (secondary N) is 1. The molecule has 0 aliphatic heterocycles. The Morgan fingerprint density at radius 3 is 2.43 bits per heavy atom. The first-order valence-corrected chi connectivity index (χ1v) is 12.1. The van der Waals surface area contributed by atoms with Crippen molar-refractivity contribution >= 4 is 63.4 Å². The van der Waals surface area contributed by atoms with Gasteiger partial charge >= 0.3 is 5.97 Å². The lowest BCUT2D eigenvalue weighted by Gasteiger charge is -2.10. The molecule has 0 saturated heterocycles. The molecule has 0 saturated carbocycles. The molecular weight excluding hydrogens is 511 g/mol. The highest BCUT2D eigenvalue weighted by Gasteiger charge is 2.18. The number of hydrogen-bond acceptors (Lipinski definition) is 7. The standard InChI is InChI=1S/C25H22Cl2N2O5S/c1-5-34-24(32)13(2)9-18-19(26)10-15(11-20(18)27)23(31)29-25-28-21(12-35-25)17-8-6-7-16(14(3)30)22(17)33-4/h6-12H,5H2,1-4H3,(H,28,29,31)/b13-9+. The Balaban J connectivity index is 1.84. The second kappa shape index (κ2) is 11.5. The number of para-hydroxylation sites is 1. The fraction of sp³-hybridized carbons (Fsp3) is 0.200. The summed E-state index contributed by atoms with van der Waals surface area (Å²) in [7, 11) is 1.49. The van der Waals surface area contributed by atoms with E-state index in [2.05, 4.69) is 10.3 Å². The number of esters is 1. The second-order valence-corrected chi connectivity index (χ2v) is 9.01. The van der Waals surface area contributed by atoms with E-state index in [1.165, 1.54) is 43.6 Å². The predicted molar refractivity (Wildman–Crippen MR) is 139 cm³/mol. The zero-order valence-electron chi connectivity index (χ0n) is 19.4. The number of benzene rings is 2. The molecule has 0 radical (unpaired) electrons. The number of anilines is 1. The van der Waals surface area contributed by atoms with Gasteiger partial charge in [0.05, 0.1) is 35.0 Å². The summed E-state index contributed by atoms with van der Waals surface area (Å²) in [5.74, 6) is -0.649. The zero-order valence-corrected chi connectivity index (χ0v) is 21.7. The minimum Gasteiger partial charge on any atom is -0.495 e. The molecule has 2 aromatic carbocycles. The number of thiazole rings is 1. The number of halogens is 2. The van der Waals surface area contributed by atoms with E-state index in [1.807, 2.05) is 0 Å². The van der Waals surface area contributed by atoms with Gasteiger partial charge in [0.25, 0.3) is 5.91 Å². The molecule has 1 heterocycles. The van der Waals surface area contributed by atoms with Crippen LogP contribution in [0.4, 0.5) is 5.13 Å². The van der Waals surface area contributed by atoms with Crippen LogP contribution in [0, 0.1) is 0 Å². The normalized spacial score (nSPS) is 11.2. The van der Waals surface area contributed by atoms with Gasteiger partial charge in [0.15, 0.2) is 10.9 Å². The van der Waals surface area contributed by atoms with Crippen molar-refractivity contribution in [1.29, 1.82) is 0 Å². The Hall–Kier alpha value is -3.20. The summed E-state index contributed by atoms with van der Waals surface area (Å²) in [5, 5.41) is 5.23. The summed E-state index contributed by atoms with van der Waals surface area (Å²) < 4.78 is 10.4. The van der Waals surface area contributed by atoms with Gasteiger partial charge in [0.1, 0.15) is 5.75 Å². The summed E-state index contributed by atoms with van der Waals surface area (Å²) in [6.07, 6.45) is 1.51. The molecule has 10 heteroatoms. The zero-order chi connectivity index (χ0) is 25.7. The molecular formula is C25H22Cl2N2O5S. The Bertz CT molecular complexity index is 1310. The number of methoxy groups -OCH3 is 1. The van der Waals surface area contributed by atoms with Crippen molar-refractivity contribution in [2.45, 2.75) is 20.8 Å². The van der Waals surface area contributed by atoms with E-state index in [-0.39, 0.29) is 28.0 Å². The molecule has 0 unspecified atom stereocenters. The minimum atomic E-state index is -0.480. The number of ether oxygens (including phenoxy) is 2. The van der Waals surface area contributed by atoms with Crippen molar-refractivity contribution in [1.82, 2.24) is 4.98 Å². The predicted octanol–water partition coefficient (Wildman–Crippen LogP) is 6.55. The number of carbonyl (C=O) groups is 3. The first kappa shape index (κ1) is 26.4. The van der Waals surface area contributed by atoms with Gasteiger partial charge in [-0.3, -0.25) is 14.9 Å². The van der Waals surface area contributed by atoms with E-state index in [1.54, 1.807) is 37.4 Å².